The van der Waals surface area contributed by atoms with Crippen molar-refractivity contribution in [2.45, 2.75) is 12.6 Å². The molecule has 1 fully saturated rings. The summed E-state index contributed by atoms with van der Waals surface area (Å²) in [5.41, 5.74) is 0.722. The third-order valence-corrected chi connectivity index (χ3v) is 4.82. The molecule has 0 aromatic carbocycles. The fourth-order valence-corrected chi connectivity index (χ4v) is 3.45. The van der Waals surface area contributed by atoms with Crippen LogP contribution in [0.3, 0.4) is 0 Å². The molecule has 0 N–H and O–H groups in total. The third-order valence-electron chi connectivity index (χ3n) is 4.82. The Morgan fingerprint density at radius 3 is 2.62 bits per heavy atom. The quantitative estimate of drug-likeness (QED) is 0.494. The van der Waals surface area contributed by atoms with Gasteiger partial charge < -0.3 is 9.80 Å². The van der Waals surface area contributed by atoms with Gasteiger partial charge in [0.05, 0.1) is 0 Å². The molecule has 13 heteroatoms. The van der Waals surface area contributed by atoms with Gasteiger partial charge in [-0.3, -0.25) is 4.40 Å². The highest BCUT2D eigenvalue weighted by Gasteiger charge is 2.37. The van der Waals surface area contributed by atoms with Gasteiger partial charge in [0.1, 0.15) is 12.1 Å². The number of alkyl halides is 3. The van der Waals surface area contributed by atoms with Crippen LogP contribution < -0.4 is 9.80 Å². The first-order valence-electron chi connectivity index (χ1n) is 8.94. The summed E-state index contributed by atoms with van der Waals surface area (Å²) in [6.45, 7) is 2.57. The van der Waals surface area contributed by atoms with E-state index in [9.17, 15) is 13.2 Å². The number of fused-ring (bicyclic) bond motifs is 2. The Labute approximate surface area is 161 Å². The monoisotopic (exact) mass is 404 g/mol. The maximum absolute atomic E-state index is 13.1. The second-order valence-corrected chi connectivity index (χ2v) is 6.62. The Bertz CT molecular complexity index is 1170. The van der Waals surface area contributed by atoms with E-state index in [0.29, 0.717) is 31.1 Å². The number of anilines is 2. The van der Waals surface area contributed by atoms with Crippen molar-refractivity contribution in [2.24, 2.45) is 0 Å². The molecular formula is C16H15F3N10. The van der Waals surface area contributed by atoms with Gasteiger partial charge in [-0.15, -0.1) is 25.5 Å². The molecule has 150 valence electrons. The molecule has 1 aliphatic heterocycles. The number of aromatic nitrogens is 8. The number of rotatable bonds is 2. The first-order valence-corrected chi connectivity index (χ1v) is 8.94. The van der Waals surface area contributed by atoms with Crippen LogP contribution in [0.2, 0.25) is 0 Å². The van der Waals surface area contributed by atoms with Crippen LogP contribution in [0, 0.1) is 0 Å². The van der Waals surface area contributed by atoms with Crippen LogP contribution in [-0.4, -0.2) is 65.6 Å². The van der Waals surface area contributed by atoms with Crippen molar-refractivity contribution in [1.82, 2.24) is 39.4 Å². The van der Waals surface area contributed by atoms with Gasteiger partial charge in [-0.1, -0.05) is 0 Å². The SMILES string of the molecule is FC(F)(F)c1nnc2ccc(N3CCCN(c4nccn5cnnc45)CC3)nn12. The lowest BCUT2D eigenvalue weighted by Gasteiger charge is -2.23. The lowest BCUT2D eigenvalue weighted by Crippen LogP contribution is -2.32. The van der Waals surface area contributed by atoms with Crippen LogP contribution >= 0.6 is 0 Å². The van der Waals surface area contributed by atoms with Crippen molar-refractivity contribution >= 4 is 22.9 Å². The van der Waals surface area contributed by atoms with Gasteiger partial charge in [0.25, 0.3) is 5.82 Å². The Morgan fingerprint density at radius 2 is 1.76 bits per heavy atom. The Morgan fingerprint density at radius 1 is 0.931 bits per heavy atom. The summed E-state index contributed by atoms with van der Waals surface area (Å²) < 4.78 is 41.9. The third kappa shape index (κ3) is 3.07. The molecule has 4 aromatic rings. The standard InChI is InChI=1S/C16H15F3N10/c17-16(18,19)15-24-22-11-2-3-12(25-29(11)15)26-5-1-6-27(9-8-26)13-14-23-21-10-28(14)7-4-20-13/h2-4,7,10H,1,5-6,8-9H2. The highest BCUT2D eigenvalue weighted by Crippen LogP contribution is 2.28. The molecule has 0 unspecified atom stereocenters. The zero-order valence-corrected chi connectivity index (χ0v) is 15.0. The molecule has 5 rings (SSSR count). The van der Waals surface area contributed by atoms with Gasteiger partial charge in [-0.2, -0.15) is 17.7 Å². The first kappa shape index (κ1) is 17.6. The van der Waals surface area contributed by atoms with Gasteiger partial charge in [0.2, 0.25) is 5.65 Å². The van der Waals surface area contributed by atoms with Crippen molar-refractivity contribution < 1.29 is 13.2 Å². The van der Waals surface area contributed by atoms with Crippen molar-refractivity contribution in [2.75, 3.05) is 36.0 Å². The number of nitrogens with zero attached hydrogens (tertiary/aromatic N) is 10. The predicted molar refractivity (Wildman–Crippen MR) is 95.6 cm³/mol. The maximum Gasteiger partial charge on any atom is 0.453 e. The molecule has 0 aliphatic carbocycles. The number of hydrogen-bond acceptors (Lipinski definition) is 8. The lowest BCUT2D eigenvalue weighted by molar-refractivity contribution is -0.146. The van der Waals surface area contributed by atoms with E-state index in [0.717, 1.165) is 23.3 Å². The van der Waals surface area contributed by atoms with Gasteiger partial charge in [-0.05, 0) is 18.6 Å². The topological polar surface area (TPSA) is 92.6 Å². The molecule has 0 radical (unpaired) electrons. The van der Waals surface area contributed by atoms with E-state index >= 15 is 0 Å². The summed E-state index contributed by atoms with van der Waals surface area (Å²) in [4.78, 5) is 8.49. The molecule has 0 saturated carbocycles. The second-order valence-electron chi connectivity index (χ2n) is 6.62. The average molecular weight is 404 g/mol. The smallest absolute Gasteiger partial charge is 0.353 e. The van der Waals surface area contributed by atoms with E-state index < -0.39 is 12.0 Å². The molecule has 1 saturated heterocycles. The van der Waals surface area contributed by atoms with Crippen LogP contribution in [0.1, 0.15) is 12.2 Å². The minimum atomic E-state index is -4.62. The fraction of sp³-hybridized carbons (Fsp3) is 0.375. The summed E-state index contributed by atoms with van der Waals surface area (Å²) in [6, 6.07) is 3.16. The second kappa shape index (κ2) is 6.53. The fourth-order valence-electron chi connectivity index (χ4n) is 3.45. The Kier molecular flexibility index (Phi) is 3.96. The van der Waals surface area contributed by atoms with Crippen molar-refractivity contribution in [1.29, 1.82) is 0 Å². The van der Waals surface area contributed by atoms with E-state index in [1.807, 2.05) is 4.90 Å². The van der Waals surface area contributed by atoms with Gasteiger partial charge >= 0.3 is 6.18 Å². The van der Waals surface area contributed by atoms with Crippen molar-refractivity contribution in [3.05, 3.63) is 36.7 Å². The molecule has 0 spiro atoms. The van der Waals surface area contributed by atoms with Crippen LogP contribution in [-0.2, 0) is 6.18 Å². The van der Waals surface area contributed by atoms with Gasteiger partial charge in [0, 0.05) is 38.6 Å². The van der Waals surface area contributed by atoms with Gasteiger partial charge in [0.15, 0.2) is 11.5 Å². The van der Waals surface area contributed by atoms with E-state index in [1.165, 1.54) is 6.07 Å². The molecular weight excluding hydrogens is 389 g/mol. The number of hydrogen-bond donors (Lipinski definition) is 0. The minimum Gasteiger partial charge on any atom is -0.353 e. The molecule has 0 bridgehead atoms. The largest absolute Gasteiger partial charge is 0.453 e. The predicted octanol–water partition coefficient (Wildman–Crippen LogP) is 1.30. The average Bonchev–Trinajstić information content (AvgIpc) is 3.28. The Hall–Kier alpha value is -3.51. The maximum atomic E-state index is 13.1. The summed E-state index contributed by atoms with van der Waals surface area (Å²) in [7, 11) is 0. The Balaban J connectivity index is 1.41. The van der Waals surface area contributed by atoms with Crippen LogP contribution in [0.25, 0.3) is 11.3 Å². The summed E-state index contributed by atoms with van der Waals surface area (Å²) in [6.07, 6.45) is 1.24. The van der Waals surface area contributed by atoms with Crippen molar-refractivity contribution in [3.63, 3.8) is 0 Å². The van der Waals surface area contributed by atoms with Crippen LogP contribution in [0.15, 0.2) is 30.9 Å². The summed E-state index contributed by atoms with van der Waals surface area (Å²) >= 11 is 0. The zero-order valence-electron chi connectivity index (χ0n) is 15.0. The van der Waals surface area contributed by atoms with Crippen molar-refractivity contribution in [3.8, 4) is 0 Å². The molecule has 0 amide bonds. The molecule has 10 nitrogen and oxygen atoms in total. The van der Waals surface area contributed by atoms with E-state index in [1.54, 1.807) is 29.2 Å². The minimum absolute atomic E-state index is 0.0557. The molecule has 1 aliphatic rings. The van der Waals surface area contributed by atoms with E-state index in [2.05, 4.69) is 35.4 Å². The first-order chi connectivity index (χ1) is 14.0. The molecule has 29 heavy (non-hydrogen) atoms. The highest BCUT2D eigenvalue weighted by atomic mass is 19.4. The number of halogens is 3. The molecule has 0 atom stereocenters. The highest BCUT2D eigenvalue weighted by molar-refractivity contribution is 5.63. The molecule has 5 heterocycles. The van der Waals surface area contributed by atoms with Crippen LogP contribution in [0.4, 0.5) is 24.8 Å². The van der Waals surface area contributed by atoms with Crippen LogP contribution in [0.5, 0.6) is 0 Å². The normalized spacial score (nSPS) is 16.0. The zero-order chi connectivity index (χ0) is 20.0. The molecule has 4 aromatic heterocycles. The summed E-state index contributed by atoms with van der Waals surface area (Å²) in [5.74, 6) is 0.0419. The van der Waals surface area contributed by atoms with Gasteiger partial charge in [-0.25, -0.2) is 4.98 Å². The van der Waals surface area contributed by atoms with E-state index in [4.69, 9.17) is 0 Å². The van der Waals surface area contributed by atoms with E-state index in [-0.39, 0.29) is 5.65 Å². The summed E-state index contributed by atoms with van der Waals surface area (Å²) in [5, 5.41) is 18.9. The lowest BCUT2D eigenvalue weighted by atomic mass is 10.3.